The molecule has 0 bridgehead atoms. The number of hydrazone groups is 1. The SMILES string of the molecule is CCOc1ccc(C2=NN3[C@@H](C2)c2cccc(OCC)c2O[C@H]3c2ccc(OC)c(OC)c2)cc1. The van der Waals surface area contributed by atoms with E-state index in [-0.39, 0.29) is 6.04 Å². The maximum Gasteiger partial charge on any atom is 0.214 e. The molecule has 0 amide bonds. The van der Waals surface area contributed by atoms with Gasteiger partial charge in [0.05, 0.1) is 39.2 Å². The summed E-state index contributed by atoms with van der Waals surface area (Å²) < 4.78 is 29.1. The number of hydrogen-bond donors (Lipinski definition) is 0. The molecule has 3 aromatic carbocycles. The summed E-state index contributed by atoms with van der Waals surface area (Å²) in [6.45, 7) is 5.15. The van der Waals surface area contributed by atoms with Crippen LogP contribution in [0.2, 0.25) is 0 Å². The normalized spacial score (nSPS) is 18.2. The van der Waals surface area contributed by atoms with Gasteiger partial charge in [-0.25, -0.2) is 5.01 Å². The number of hydrogen-bond acceptors (Lipinski definition) is 7. The van der Waals surface area contributed by atoms with Crippen molar-refractivity contribution in [2.24, 2.45) is 5.10 Å². The van der Waals surface area contributed by atoms with Crippen molar-refractivity contribution in [2.45, 2.75) is 32.5 Å². The van der Waals surface area contributed by atoms with Crippen LogP contribution in [0.1, 0.15) is 49.2 Å². The van der Waals surface area contributed by atoms with E-state index in [4.69, 9.17) is 28.8 Å². The van der Waals surface area contributed by atoms with Crippen LogP contribution in [0, 0.1) is 0 Å². The number of rotatable bonds is 8. The quantitative estimate of drug-likeness (QED) is 0.415. The van der Waals surface area contributed by atoms with Crippen LogP contribution >= 0.6 is 0 Å². The van der Waals surface area contributed by atoms with Gasteiger partial charge in [0.15, 0.2) is 23.0 Å². The van der Waals surface area contributed by atoms with E-state index in [1.54, 1.807) is 14.2 Å². The smallest absolute Gasteiger partial charge is 0.214 e. The van der Waals surface area contributed by atoms with Crippen LogP contribution in [0.15, 0.2) is 65.8 Å². The molecule has 35 heavy (non-hydrogen) atoms. The molecule has 0 aromatic heterocycles. The van der Waals surface area contributed by atoms with E-state index >= 15 is 0 Å². The fraction of sp³-hybridized carbons (Fsp3) is 0.321. The first kappa shape index (κ1) is 22.9. The van der Waals surface area contributed by atoms with E-state index in [1.165, 1.54) is 0 Å². The van der Waals surface area contributed by atoms with Gasteiger partial charge < -0.3 is 23.7 Å². The van der Waals surface area contributed by atoms with Crippen LogP contribution in [0.3, 0.4) is 0 Å². The minimum absolute atomic E-state index is 0.0128. The number of ether oxygens (including phenoxy) is 5. The number of methoxy groups -OCH3 is 2. The van der Waals surface area contributed by atoms with Gasteiger partial charge in [0.2, 0.25) is 6.23 Å². The molecule has 2 aliphatic heterocycles. The van der Waals surface area contributed by atoms with E-state index in [0.717, 1.165) is 46.1 Å². The van der Waals surface area contributed by atoms with Crippen LogP contribution in [-0.2, 0) is 0 Å². The molecule has 0 aliphatic carbocycles. The molecule has 2 aliphatic rings. The first-order chi connectivity index (χ1) is 17.2. The van der Waals surface area contributed by atoms with E-state index in [2.05, 4.69) is 18.2 Å². The average Bonchev–Trinajstić information content (AvgIpc) is 3.35. The van der Waals surface area contributed by atoms with Crippen LogP contribution < -0.4 is 23.7 Å². The zero-order valence-corrected chi connectivity index (χ0v) is 20.5. The van der Waals surface area contributed by atoms with Gasteiger partial charge in [-0.3, -0.25) is 0 Å². The van der Waals surface area contributed by atoms with Crippen LogP contribution in [0.4, 0.5) is 0 Å². The maximum absolute atomic E-state index is 6.60. The monoisotopic (exact) mass is 474 g/mol. The summed E-state index contributed by atoms with van der Waals surface area (Å²) in [5.41, 5.74) is 4.05. The van der Waals surface area contributed by atoms with Crippen molar-refractivity contribution in [1.29, 1.82) is 0 Å². The molecule has 0 unspecified atom stereocenters. The second-order valence-corrected chi connectivity index (χ2v) is 8.30. The second kappa shape index (κ2) is 9.78. The van der Waals surface area contributed by atoms with E-state index in [0.29, 0.717) is 24.7 Å². The third kappa shape index (κ3) is 4.22. The molecular weight excluding hydrogens is 444 g/mol. The van der Waals surface area contributed by atoms with Crippen molar-refractivity contribution >= 4 is 5.71 Å². The third-order valence-corrected chi connectivity index (χ3v) is 6.27. The van der Waals surface area contributed by atoms with Gasteiger partial charge in [0.1, 0.15) is 5.75 Å². The highest BCUT2D eigenvalue weighted by Gasteiger charge is 2.42. The fourth-order valence-corrected chi connectivity index (χ4v) is 4.66. The second-order valence-electron chi connectivity index (χ2n) is 8.30. The highest BCUT2D eigenvalue weighted by Crippen LogP contribution is 2.51. The summed E-state index contributed by atoms with van der Waals surface area (Å²) in [6, 6.07) is 20.0. The summed E-state index contributed by atoms with van der Waals surface area (Å²) in [7, 11) is 3.26. The van der Waals surface area contributed by atoms with Gasteiger partial charge in [0.25, 0.3) is 0 Å². The molecule has 2 atom stereocenters. The topological polar surface area (TPSA) is 61.8 Å². The zero-order valence-electron chi connectivity index (χ0n) is 20.5. The Morgan fingerprint density at radius 2 is 1.66 bits per heavy atom. The van der Waals surface area contributed by atoms with E-state index in [1.807, 2.05) is 61.3 Å². The van der Waals surface area contributed by atoms with Crippen molar-refractivity contribution < 1.29 is 23.7 Å². The molecule has 0 saturated heterocycles. The first-order valence-electron chi connectivity index (χ1n) is 11.9. The Balaban J connectivity index is 1.57. The Morgan fingerprint density at radius 3 is 2.37 bits per heavy atom. The van der Waals surface area contributed by atoms with Gasteiger partial charge in [-0.15, -0.1) is 0 Å². The minimum Gasteiger partial charge on any atom is -0.494 e. The summed E-state index contributed by atoms with van der Waals surface area (Å²) in [4.78, 5) is 0. The van der Waals surface area contributed by atoms with Gasteiger partial charge in [-0.2, -0.15) is 5.10 Å². The lowest BCUT2D eigenvalue weighted by Gasteiger charge is -2.38. The van der Waals surface area contributed by atoms with Gasteiger partial charge in [-0.05, 0) is 67.9 Å². The molecule has 0 saturated carbocycles. The molecule has 0 radical (unpaired) electrons. The summed E-state index contributed by atoms with van der Waals surface area (Å²) >= 11 is 0. The Hall–Kier alpha value is -3.87. The summed E-state index contributed by atoms with van der Waals surface area (Å²) in [5, 5.41) is 7.10. The van der Waals surface area contributed by atoms with Crippen LogP contribution in [0.25, 0.3) is 0 Å². The molecule has 182 valence electrons. The van der Waals surface area contributed by atoms with Crippen molar-refractivity contribution in [3.05, 3.63) is 77.4 Å². The molecule has 0 fully saturated rings. The minimum atomic E-state index is -0.450. The first-order valence-corrected chi connectivity index (χ1v) is 11.9. The van der Waals surface area contributed by atoms with Crippen molar-refractivity contribution in [3.63, 3.8) is 0 Å². The summed E-state index contributed by atoms with van der Waals surface area (Å²) in [5.74, 6) is 3.66. The fourth-order valence-electron chi connectivity index (χ4n) is 4.66. The van der Waals surface area contributed by atoms with Crippen molar-refractivity contribution in [2.75, 3.05) is 27.4 Å². The highest BCUT2D eigenvalue weighted by molar-refractivity contribution is 6.02. The van der Waals surface area contributed by atoms with Gasteiger partial charge in [-0.1, -0.05) is 12.1 Å². The predicted octanol–water partition coefficient (Wildman–Crippen LogP) is 5.74. The number of nitrogens with zero attached hydrogens (tertiary/aromatic N) is 2. The molecule has 5 rings (SSSR count). The Kier molecular flexibility index (Phi) is 6.40. The lowest BCUT2D eigenvalue weighted by molar-refractivity contribution is -0.0213. The molecule has 0 N–H and O–H groups in total. The van der Waals surface area contributed by atoms with Gasteiger partial charge in [0, 0.05) is 17.5 Å². The largest absolute Gasteiger partial charge is 0.494 e. The lowest BCUT2D eigenvalue weighted by atomic mass is 9.95. The number of para-hydroxylation sites is 1. The number of benzene rings is 3. The molecule has 3 aromatic rings. The summed E-state index contributed by atoms with van der Waals surface area (Å²) in [6.07, 6.45) is 0.304. The highest BCUT2D eigenvalue weighted by atomic mass is 16.5. The Morgan fingerprint density at radius 1 is 0.886 bits per heavy atom. The van der Waals surface area contributed by atoms with E-state index < -0.39 is 6.23 Å². The Labute approximate surface area is 205 Å². The number of fused-ring (bicyclic) bond motifs is 3. The Bertz CT molecular complexity index is 1220. The van der Waals surface area contributed by atoms with Crippen LogP contribution in [-0.4, -0.2) is 38.2 Å². The molecular formula is C28H30N2O5. The van der Waals surface area contributed by atoms with Gasteiger partial charge >= 0.3 is 0 Å². The van der Waals surface area contributed by atoms with Crippen LogP contribution in [0.5, 0.6) is 28.7 Å². The van der Waals surface area contributed by atoms with Crippen molar-refractivity contribution in [1.82, 2.24) is 5.01 Å². The zero-order chi connectivity index (χ0) is 24.4. The van der Waals surface area contributed by atoms with Crippen molar-refractivity contribution in [3.8, 4) is 28.7 Å². The predicted molar refractivity (Wildman–Crippen MR) is 134 cm³/mol. The standard InChI is InChI=1S/C28H30N2O5/c1-5-33-20-13-10-18(11-14-20)22-17-23-21-8-7-9-25(34-6-2)27(21)35-28(30(23)29-22)19-12-15-24(31-3)26(16-19)32-4/h7-16,23,28H,5-6,17H2,1-4H3/t23-,28-/m0/s1. The lowest BCUT2D eigenvalue weighted by Crippen LogP contribution is -2.34. The maximum atomic E-state index is 6.60. The molecule has 0 spiro atoms. The molecule has 7 heteroatoms. The molecule has 2 heterocycles. The third-order valence-electron chi connectivity index (χ3n) is 6.27. The van der Waals surface area contributed by atoms with E-state index in [9.17, 15) is 0 Å². The average molecular weight is 475 g/mol. The molecule has 7 nitrogen and oxygen atoms in total.